The van der Waals surface area contributed by atoms with Crippen molar-refractivity contribution in [1.82, 2.24) is 0 Å². The minimum atomic E-state index is 0.534. The highest BCUT2D eigenvalue weighted by molar-refractivity contribution is 6.37. The fourth-order valence-electron chi connectivity index (χ4n) is 1.36. The van der Waals surface area contributed by atoms with Gasteiger partial charge in [-0.05, 0) is 38.0 Å². The van der Waals surface area contributed by atoms with Crippen molar-refractivity contribution in [3.8, 4) is 5.75 Å². The largest absolute Gasteiger partial charge is 0.490 e. The maximum absolute atomic E-state index is 5.99. The van der Waals surface area contributed by atoms with Crippen LogP contribution in [0.1, 0.15) is 19.8 Å². The average molecular weight is 324 g/mol. The van der Waals surface area contributed by atoms with Gasteiger partial charge in [0.1, 0.15) is 0 Å². The molecule has 0 heterocycles. The van der Waals surface area contributed by atoms with Crippen LogP contribution in [0, 0.1) is 0 Å². The molecule has 0 fully saturated rings. The molecule has 2 nitrogen and oxygen atoms in total. The van der Waals surface area contributed by atoms with Crippen LogP contribution in [0.5, 0.6) is 5.75 Å². The van der Waals surface area contributed by atoms with Gasteiger partial charge in [-0.3, -0.25) is 0 Å². The molecular formula is C14H17Cl3O2. The number of unbranched alkanes of at least 4 members (excludes halogenated alkanes) is 1. The van der Waals surface area contributed by atoms with E-state index in [0.29, 0.717) is 35.6 Å². The smallest absolute Gasteiger partial charge is 0.156 e. The fourth-order valence-corrected chi connectivity index (χ4v) is 1.93. The van der Waals surface area contributed by atoms with Gasteiger partial charge in [0.15, 0.2) is 5.75 Å². The number of ether oxygens (including phenoxy) is 2. The van der Waals surface area contributed by atoms with Gasteiger partial charge in [0, 0.05) is 11.6 Å². The van der Waals surface area contributed by atoms with Gasteiger partial charge in [-0.15, -0.1) is 0 Å². The Hall–Kier alpha value is -0.410. The summed E-state index contributed by atoms with van der Waals surface area (Å²) in [5.41, 5.74) is 0. The van der Waals surface area contributed by atoms with Crippen LogP contribution in [0.4, 0.5) is 0 Å². The number of benzene rings is 1. The maximum Gasteiger partial charge on any atom is 0.156 e. The number of halogens is 3. The number of hydrogen-bond acceptors (Lipinski definition) is 2. The van der Waals surface area contributed by atoms with E-state index in [4.69, 9.17) is 44.3 Å². The quantitative estimate of drug-likeness (QED) is 0.603. The molecule has 106 valence electrons. The molecule has 0 aliphatic carbocycles. The van der Waals surface area contributed by atoms with Crippen LogP contribution in [0.15, 0.2) is 29.3 Å². The second-order valence-corrected chi connectivity index (χ2v) is 5.38. The van der Waals surface area contributed by atoms with Gasteiger partial charge in [0.05, 0.1) is 23.3 Å². The Balaban J connectivity index is 2.13. The Labute approximate surface area is 129 Å². The Morgan fingerprint density at radius 3 is 2.42 bits per heavy atom. The van der Waals surface area contributed by atoms with Crippen LogP contribution < -0.4 is 4.74 Å². The third-order valence-electron chi connectivity index (χ3n) is 2.33. The maximum atomic E-state index is 5.99. The van der Waals surface area contributed by atoms with E-state index < -0.39 is 0 Å². The second-order valence-electron chi connectivity index (χ2n) is 3.97. The average Bonchev–Trinajstić information content (AvgIpc) is 2.35. The summed E-state index contributed by atoms with van der Waals surface area (Å²) in [4.78, 5) is 0. The lowest BCUT2D eigenvalue weighted by Crippen LogP contribution is -2.01. The minimum Gasteiger partial charge on any atom is -0.490 e. The third kappa shape index (κ3) is 7.07. The molecule has 0 atom stereocenters. The summed E-state index contributed by atoms with van der Waals surface area (Å²) in [7, 11) is 0. The van der Waals surface area contributed by atoms with E-state index in [-0.39, 0.29) is 0 Å². The first-order valence-corrected chi connectivity index (χ1v) is 7.21. The van der Waals surface area contributed by atoms with E-state index >= 15 is 0 Å². The monoisotopic (exact) mass is 322 g/mol. The lowest BCUT2D eigenvalue weighted by atomic mass is 10.3. The van der Waals surface area contributed by atoms with Crippen molar-refractivity contribution >= 4 is 34.8 Å². The van der Waals surface area contributed by atoms with Gasteiger partial charge >= 0.3 is 0 Å². The lowest BCUT2D eigenvalue weighted by molar-refractivity contribution is 0.152. The predicted molar refractivity (Wildman–Crippen MR) is 81.6 cm³/mol. The molecule has 1 aromatic carbocycles. The second kappa shape index (κ2) is 9.49. The highest BCUT2D eigenvalue weighted by Crippen LogP contribution is 2.32. The van der Waals surface area contributed by atoms with E-state index in [0.717, 1.165) is 17.9 Å². The minimum absolute atomic E-state index is 0.534. The molecule has 0 bridgehead atoms. The molecule has 0 aliphatic rings. The lowest BCUT2D eigenvalue weighted by Gasteiger charge is -2.09. The molecule has 1 rings (SSSR count). The zero-order valence-electron chi connectivity index (χ0n) is 10.8. The van der Waals surface area contributed by atoms with Crippen molar-refractivity contribution in [2.75, 3.05) is 19.8 Å². The molecule has 0 radical (unpaired) electrons. The molecule has 0 aliphatic heterocycles. The van der Waals surface area contributed by atoms with E-state index in [1.807, 2.05) is 13.0 Å². The zero-order chi connectivity index (χ0) is 14.1. The first kappa shape index (κ1) is 16.6. The van der Waals surface area contributed by atoms with Crippen LogP contribution in [0.3, 0.4) is 0 Å². The molecular weight excluding hydrogens is 307 g/mol. The van der Waals surface area contributed by atoms with Crippen LogP contribution in [0.25, 0.3) is 0 Å². The number of para-hydroxylation sites is 1. The Kier molecular flexibility index (Phi) is 8.31. The molecule has 1 aromatic rings. The summed E-state index contributed by atoms with van der Waals surface area (Å²) in [6.45, 7) is 3.62. The van der Waals surface area contributed by atoms with Crippen molar-refractivity contribution in [3.63, 3.8) is 0 Å². The normalized spacial score (nSPS) is 11.7. The summed E-state index contributed by atoms with van der Waals surface area (Å²) in [6.07, 6.45) is 3.63. The molecule has 0 N–H and O–H groups in total. The Morgan fingerprint density at radius 1 is 1.16 bits per heavy atom. The van der Waals surface area contributed by atoms with E-state index in [1.54, 1.807) is 18.2 Å². The Morgan fingerprint density at radius 2 is 1.79 bits per heavy atom. The van der Waals surface area contributed by atoms with Crippen LogP contribution in [-0.2, 0) is 4.74 Å². The van der Waals surface area contributed by atoms with Gasteiger partial charge in [-0.2, -0.15) is 0 Å². The van der Waals surface area contributed by atoms with E-state index in [2.05, 4.69) is 0 Å². The first-order valence-electron chi connectivity index (χ1n) is 6.08. The summed E-state index contributed by atoms with van der Waals surface area (Å²) >= 11 is 17.6. The summed E-state index contributed by atoms with van der Waals surface area (Å²) < 4.78 is 10.9. The van der Waals surface area contributed by atoms with Crippen molar-refractivity contribution in [2.45, 2.75) is 19.8 Å². The van der Waals surface area contributed by atoms with Crippen molar-refractivity contribution < 1.29 is 9.47 Å². The SMILES string of the molecule is CC(Cl)=CCOCCCCOc1c(Cl)cccc1Cl. The highest BCUT2D eigenvalue weighted by Gasteiger charge is 2.05. The van der Waals surface area contributed by atoms with E-state index in [9.17, 15) is 0 Å². The van der Waals surface area contributed by atoms with Gasteiger partial charge in [-0.1, -0.05) is 40.9 Å². The van der Waals surface area contributed by atoms with Gasteiger partial charge in [0.2, 0.25) is 0 Å². The zero-order valence-corrected chi connectivity index (χ0v) is 13.1. The van der Waals surface area contributed by atoms with Gasteiger partial charge in [0.25, 0.3) is 0 Å². The molecule has 5 heteroatoms. The van der Waals surface area contributed by atoms with Gasteiger partial charge < -0.3 is 9.47 Å². The fraction of sp³-hybridized carbons (Fsp3) is 0.429. The number of allylic oxidation sites excluding steroid dienone is 1. The van der Waals surface area contributed by atoms with Crippen LogP contribution >= 0.6 is 34.8 Å². The van der Waals surface area contributed by atoms with Crippen molar-refractivity contribution in [1.29, 1.82) is 0 Å². The first-order chi connectivity index (χ1) is 9.11. The van der Waals surface area contributed by atoms with Crippen molar-refractivity contribution in [3.05, 3.63) is 39.4 Å². The predicted octanol–water partition coefficient (Wildman–Crippen LogP) is 5.31. The molecule has 0 saturated carbocycles. The molecule has 0 saturated heterocycles. The molecule has 19 heavy (non-hydrogen) atoms. The number of rotatable bonds is 8. The van der Waals surface area contributed by atoms with Crippen LogP contribution in [0.2, 0.25) is 10.0 Å². The third-order valence-corrected chi connectivity index (χ3v) is 3.08. The number of hydrogen-bond donors (Lipinski definition) is 0. The van der Waals surface area contributed by atoms with Gasteiger partial charge in [-0.25, -0.2) is 0 Å². The van der Waals surface area contributed by atoms with Crippen molar-refractivity contribution in [2.24, 2.45) is 0 Å². The Bertz CT molecular complexity index is 395. The van der Waals surface area contributed by atoms with E-state index in [1.165, 1.54) is 0 Å². The molecule has 0 spiro atoms. The van der Waals surface area contributed by atoms with Crippen LogP contribution in [-0.4, -0.2) is 19.8 Å². The topological polar surface area (TPSA) is 18.5 Å². The molecule has 0 aromatic heterocycles. The molecule has 0 unspecified atom stereocenters. The summed E-state index contributed by atoms with van der Waals surface area (Å²) in [6, 6.07) is 5.30. The summed E-state index contributed by atoms with van der Waals surface area (Å²) in [5.74, 6) is 0.549. The summed E-state index contributed by atoms with van der Waals surface area (Å²) in [5, 5.41) is 1.81. The highest BCUT2D eigenvalue weighted by atomic mass is 35.5. The molecule has 0 amide bonds. The standard InChI is InChI=1S/C14H17Cl3O2/c1-11(15)7-10-18-8-2-3-9-19-14-12(16)5-4-6-13(14)17/h4-7H,2-3,8-10H2,1H3.